The first-order chi connectivity index (χ1) is 12.1. The number of aromatic amines is 1. The van der Waals surface area contributed by atoms with Gasteiger partial charge in [-0.05, 0) is 55.7 Å². The minimum absolute atomic E-state index is 0.0535. The zero-order valence-electron chi connectivity index (χ0n) is 16.3. The summed E-state index contributed by atoms with van der Waals surface area (Å²) in [5.74, 6) is 0.0535. The SMILES string of the molecule is CC.CC.Cc1cc2[nH]c(O)c(N=Nc3ccccc3)c2c(C)c1C. The maximum Gasteiger partial charge on any atom is 0.218 e. The monoisotopic (exact) mass is 339 g/mol. The van der Waals surface area contributed by atoms with Crippen LogP contribution in [0.25, 0.3) is 10.9 Å². The molecule has 134 valence electrons. The highest BCUT2D eigenvalue weighted by atomic mass is 16.3. The third kappa shape index (κ3) is 4.47. The molecule has 0 aliphatic carbocycles. The second kappa shape index (κ2) is 9.62. The number of aryl methyl sites for hydroxylation is 2. The van der Waals surface area contributed by atoms with Crippen molar-refractivity contribution in [2.75, 3.05) is 0 Å². The smallest absolute Gasteiger partial charge is 0.218 e. The maximum atomic E-state index is 10.1. The standard InChI is InChI=1S/C17H17N3O.2C2H6/c1-10-9-14-15(12(3)11(10)2)16(17(21)18-14)20-19-13-7-5-4-6-8-13;2*1-2/h4-9,18,21H,1-3H3;2*1-2H3. The Morgan fingerprint density at radius 1 is 0.840 bits per heavy atom. The van der Waals surface area contributed by atoms with E-state index in [1.165, 1.54) is 11.1 Å². The van der Waals surface area contributed by atoms with Crippen molar-refractivity contribution in [3.63, 3.8) is 0 Å². The van der Waals surface area contributed by atoms with Gasteiger partial charge in [-0.3, -0.25) is 0 Å². The number of hydrogen-bond donors (Lipinski definition) is 2. The minimum atomic E-state index is 0.0535. The van der Waals surface area contributed by atoms with E-state index in [4.69, 9.17) is 0 Å². The summed E-state index contributed by atoms with van der Waals surface area (Å²) < 4.78 is 0. The Bertz CT molecular complexity index is 833. The van der Waals surface area contributed by atoms with Crippen molar-refractivity contribution in [2.45, 2.75) is 48.5 Å². The zero-order valence-corrected chi connectivity index (χ0v) is 16.3. The van der Waals surface area contributed by atoms with Crippen LogP contribution in [0.1, 0.15) is 44.4 Å². The van der Waals surface area contributed by atoms with E-state index in [0.717, 1.165) is 22.2 Å². The maximum absolute atomic E-state index is 10.1. The van der Waals surface area contributed by atoms with Crippen molar-refractivity contribution in [1.82, 2.24) is 4.98 Å². The summed E-state index contributed by atoms with van der Waals surface area (Å²) in [5, 5.41) is 19.5. The second-order valence-electron chi connectivity index (χ2n) is 5.22. The van der Waals surface area contributed by atoms with Crippen molar-refractivity contribution < 1.29 is 5.11 Å². The Morgan fingerprint density at radius 3 is 2.04 bits per heavy atom. The Hall–Kier alpha value is -2.62. The van der Waals surface area contributed by atoms with Gasteiger partial charge in [0.05, 0.1) is 11.2 Å². The molecule has 1 heterocycles. The van der Waals surface area contributed by atoms with Crippen LogP contribution in [0, 0.1) is 20.8 Å². The third-order valence-corrected chi connectivity index (χ3v) is 3.90. The summed E-state index contributed by atoms with van der Waals surface area (Å²) in [7, 11) is 0. The van der Waals surface area contributed by atoms with Crippen LogP contribution in [-0.4, -0.2) is 10.1 Å². The van der Waals surface area contributed by atoms with E-state index in [0.29, 0.717) is 5.69 Å². The van der Waals surface area contributed by atoms with Gasteiger partial charge in [0.15, 0.2) is 5.69 Å². The summed E-state index contributed by atoms with van der Waals surface area (Å²) in [6.45, 7) is 14.2. The quantitative estimate of drug-likeness (QED) is 0.474. The molecular formula is C21H29N3O. The van der Waals surface area contributed by atoms with Gasteiger partial charge in [0.1, 0.15) is 0 Å². The summed E-state index contributed by atoms with van der Waals surface area (Å²) in [6, 6.07) is 11.5. The number of aromatic hydroxyl groups is 1. The lowest BCUT2D eigenvalue weighted by molar-refractivity contribution is 0.459. The predicted octanol–water partition coefficient (Wildman–Crippen LogP) is 7.27. The predicted molar refractivity (Wildman–Crippen MR) is 107 cm³/mol. The molecule has 2 aromatic carbocycles. The van der Waals surface area contributed by atoms with Crippen LogP contribution in [0.4, 0.5) is 11.4 Å². The van der Waals surface area contributed by atoms with Gasteiger partial charge >= 0.3 is 0 Å². The van der Waals surface area contributed by atoms with Gasteiger partial charge in [-0.15, -0.1) is 5.11 Å². The van der Waals surface area contributed by atoms with Gasteiger partial charge in [0.2, 0.25) is 5.88 Å². The number of benzene rings is 2. The lowest BCUT2D eigenvalue weighted by atomic mass is 10.00. The zero-order chi connectivity index (χ0) is 19.0. The van der Waals surface area contributed by atoms with E-state index < -0.39 is 0 Å². The number of rotatable bonds is 2. The molecule has 0 saturated carbocycles. The summed E-state index contributed by atoms with van der Waals surface area (Å²) in [5.41, 5.74) is 5.64. The molecule has 0 aliphatic heterocycles. The number of nitrogens with zero attached hydrogens (tertiary/aromatic N) is 2. The minimum Gasteiger partial charge on any atom is -0.493 e. The molecule has 1 aromatic heterocycles. The molecule has 2 N–H and O–H groups in total. The van der Waals surface area contributed by atoms with Crippen LogP contribution in [0.2, 0.25) is 0 Å². The van der Waals surface area contributed by atoms with E-state index in [1.807, 2.05) is 71.0 Å². The molecular weight excluding hydrogens is 310 g/mol. The average Bonchev–Trinajstić information content (AvgIpc) is 2.97. The Labute approximate surface area is 150 Å². The molecule has 0 amide bonds. The fourth-order valence-corrected chi connectivity index (χ4v) is 2.49. The number of fused-ring (bicyclic) bond motifs is 1. The van der Waals surface area contributed by atoms with E-state index >= 15 is 0 Å². The highest BCUT2D eigenvalue weighted by Crippen LogP contribution is 2.39. The molecule has 0 unspecified atom stereocenters. The highest BCUT2D eigenvalue weighted by molar-refractivity contribution is 5.97. The number of hydrogen-bond acceptors (Lipinski definition) is 3. The molecule has 0 spiro atoms. The van der Waals surface area contributed by atoms with E-state index in [1.54, 1.807) is 0 Å². The van der Waals surface area contributed by atoms with Gasteiger partial charge in [0, 0.05) is 5.39 Å². The van der Waals surface area contributed by atoms with Crippen LogP contribution in [0.15, 0.2) is 46.6 Å². The summed E-state index contributed by atoms with van der Waals surface area (Å²) >= 11 is 0. The topological polar surface area (TPSA) is 60.7 Å². The molecule has 0 fully saturated rings. The number of aromatic nitrogens is 1. The molecule has 4 nitrogen and oxygen atoms in total. The van der Waals surface area contributed by atoms with Crippen LogP contribution in [0.3, 0.4) is 0 Å². The number of H-pyrrole nitrogens is 1. The largest absolute Gasteiger partial charge is 0.493 e. The first-order valence-electron chi connectivity index (χ1n) is 8.86. The molecule has 3 aromatic rings. The van der Waals surface area contributed by atoms with Gasteiger partial charge in [-0.2, -0.15) is 5.11 Å². The average molecular weight is 339 g/mol. The Kier molecular flexibility index (Phi) is 7.86. The lowest BCUT2D eigenvalue weighted by Gasteiger charge is -2.06. The van der Waals surface area contributed by atoms with Crippen LogP contribution in [-0.2, 0) is 0 Å². The molecule has 4 heteroatoms. The summed E-state index contributed by atoms with van der Waals surface area (Å²) in [4.78, 5) is 2.97. The van der Waals surface area contributed by atoms with E-state index in [9.17, 15) is 5.11 Å². The number of azo groups is 1. The molecule has 3 rings (SSSR count). The van der Waals surface area contributed by atoms with Crippen molar-refractivity contribution in [1.29, 1.82) is 0 Å². The van der Waals surface area contributed by atoms with Crippen LogP contribution in [0.5, 0.6) is 5.88 Å². The first-order valence-corrected chi connectivity index (χ1v) is 8.86. The van der Waals surface area contributed by atoms with E-state index in [-0.39, 0.29) is 5.88 Å². The second-order valence-corrected chi connectivity index (χ2v) is 5.22. The molecule has 25 heavy (non-hydrogen) atoms. The Morgan fingerprint density at radius 2 is 1.44 bits per heavy atom. The van der Waals surface area contributed by atoms with Crippen molar-refractivity contribution in [3.05, 3.63) is 53.1 Å². The van der Waals surface area contributed by atoms with Crippen molar-refractivity contribution in [2.24, 2.45) is 10.2 Å². The molecule has 0 radical (unpaired) electrons. The van der Waals surface area contributed by atoms with Crippen molar-refractivity contribution >= 4 is 22.3 Å². The highest BCUT2D eigenvalue weighted by Gasteiger charge is 2.15. The Balaban J connectivity index is 0.000000730. The fraction of sp³-hybridized carbons (Fsp3) is 0.333. The molecule has 0 bridgehead atoms. The molecule has 0 aliphatic rings. The lowest BCUT2D eigenvalue weighted by Crippen LogP contribution is -1.87. The van der Waals surface area contributed by atoms with Crippen LogP contribution >= 0.6 is 0 Å². The van der Waals surface area contributed by atoms with Gasteiger partial charge < -0.3 is 10.1 Å². The van der Waals surface area contributed by atoms with Gasteiger partial charge in [0.25, 0.3) is 0 Å². The van der Waals surface area contributed by atoms with Gasteiger partial charge in [-0.25, -0.2) is 0 Å². The van der Waals surface area contributed by atoms with Crippen molar-refractivity contribution in [3.8, 4) is 5.88 Å². The number of nitrogens with one attached hydrogen (secondary N) is 1. The van der Waals surface area contributed by atoms with Gasteiger partial charge in [-0.1, -0.05) is 45.9 Å². The third-order valence-electron chi connectivity index (χ3n) is 3.90. The fourth-order valence-electron chi connectivity index (χ4n) is 2.49. The first kappa shape index (κ1) is 20.4. The van der Waals surface area contributed by atoms with Crippen LogP contribution < -0.4 is 0 Å². The van der Waals surface area contributed by atoms with E-state index in [2.05, 4.69) is 29.1 Å². The normalized spacial score (nSPS) is 10.2. The molecule has 0 saturated heterocycles. The summed E-state index contributed by atoms with van der Waals surface area (Å²) in [6.07, 6.45) is 0. The molecule has 0 atom stereocenters.